The Kier molecular flexibility index (Phi) is 2.00. The number of hydrogen-bond acceptors (Lipinski definition) is 3. The van der Waals surface area contributed by atoms with Crippen LogP contribution in [-0.4, -0.2) is 36.1 Å². The number of nitrogens with zero attached hydrogens (tertiary/aromatic N) is 1. The molecule has 9 heavy (non-hydrogen) atoms. The maximum Gasteiger partial charge on any atom is 0.312 e. The number of morpholine rings is 1. The Morgan fingerprint density at radius 2 is 2.56 bits per heavy atom. The van der Waals surface area contributed by atoms with Gasteiger partial charge >= 0.3 is 6.41 Å². The van der Waals surface area contributed by atoms with Crippen molar-refractivity contribution in [1.82, 2.24) is 4.90 Å². The van der Waals surface area contributed by atoms with Gasteiger partial charge in [0.15, 0.2) is 5.05 Å². The van der Waals surface area contributed by atoms with E-state index in [1.54, 1.807) is 6.41 Å². The first-order valence-electron chi connectivity index (χ1n) is 2.61. The molecule has 4 heteroatoms. The first-order valence-corrected chi connectivity index (χ1v) is 3.02. The molecule has 1 amide bonds. The number of amides is 1. The van der Waals surface area contributed by atoms with Crippen LogP contribution in [0.4, 0.5) is 0 Å². The average Bonchev–Trinajstić information content (AvgIpc) is 1.88. The van der Waals surface area contributed by atoms with Crippen LogP contribution in [0.5, 0.6) is 0 Å². The Hall–Kier alpha value is -0.640. The summed E-state index contributed by atoms with van der Waals surface area (Å²) in [6, 6.07) is 0. The summed E-state index contributed by atoms with van der Waals surface area (Å²) in [5.74, 6) is 0. The van der Waals surface area contributed by atoms with E-state index in [1.165, 1.54) is 4.90 Å². The van der Waals surface area contributed by atoms with Crippen molar-refractivity contribution in [2.45, 2.75) is 0 Å². The summed E-state index contributed by atoms with van der Waals surface area (Å²) < 4.78 is 4.92. The summed E-state index contributed by atoms with van der Waals surface area (Å²) in [6.07, 6.45) is 1.75. The lowest BCUT2D eigenvalue weighted by molar-refractivity contribution is 0.220. The fourth-order valence-corrected chi connectivity index (χ4v) is 0.867. The minimum absolute atomic E-state index is 0.416. The Morgan fingerprint density at radius 3 is 3.00 bits per heavy atom. The lowest BCUT2D eigenvalue weighted by Gasteiger charge is -2.22. The van der Waals surface area contributed by atoms with Crippen molar-refractivity contribution in [3.63, 3.8) is 0 Å². The standard InChI is InChI=1S/C5H6NO2S/c7-4-6-1-2-8-5(9)3-6/h1-3H2. The van der Waals surface area contributed by atoms with Gasteiger partial charge < -0.3 is 9.64 Å². The second-order valence-electron chi connectivity index (χ2n) is 1.73. The third-order valence-electron chi connectivity index (χ3n) is 1.07. The summed E-state index contributed by atoms with van der Waals surface area (Å²) in [6.45, 7) is 1.52. The van der Waals surface area contributed by atoms with Crippen LogP contribution < -0.4 is 0 Å². The van der Waals surface area contributed by atoms with E-state index in [-0.39, 0.29) is 0 Å². The fourth-order valence-electron chi connectivity index (χ4n) is 0.628. The summed E-state index contributed by atoms with van der Waals surface area (Å²) in [4.78, 5) is 11.5. The molecule has 0 spiro atoms. The van der Waals surface area contributed by atoms with Crippen molar-refractivity contribution in [3.8, 4) is 0 Å². The minimum atomic E-state index is 0.416. The van der Waals surface area contributed by atoms with E-state index >= 15 is 0 Å². The summed E-state index contributed by atoms with van der Waals surface area (Å²) in [5.41, 5.74) is 0. The van der Waals surface area contributed by atoms with Crippen LogP contribution in [0.25, 0.3) is 0 Å². The molecule has 0 aromatic heterocycles. The second kappa shape index (κ2) is 2.77. The van der Waals surface area contributed by atoms with Crippen molar-refractivity contribution in [3.05, 3.63) is 0 Å². The number of ether oxygens (including phenoxy) is 1. The molecule has 0 bridgehead atoms. The highest BCUT2D eigenvalue weighted by molar-refractivity contribution is 7.80. The van der Waals surface area contributed by atoms with Gasteiger partial charge in [0.2, 0.25) is 0 Å². The Balaban J connectivity index is 2.40. The molecule has 1 aliphatic rings. The van der Waals surface area contributed by atoms with Crippen LogP contribution in [0.15, 0.2) is 0 Å². The number of thiocarbonyl (C=S) groups is 1. The van der Waals surface area contributed by atoms with E-state index < -0.39 is 0 Å². The number of carbonyl (C=O) groups excluding carboxylic acids is 1. The zero-order valence-electron chi connectivity index (χ0n) is 4.79. The van der Waals surface area contributed by atoms with E-state index in [0.717, 1.165) is 0 Å². The predicted octanol–water partition coefficient (Wildman–Crippen LogP) is -0.287. The first-order chi connectivity index (χ1) is 4.33. The summed E-state index contributed by atoms with van der Waals surface area (Å²) in [5, 5.41) is 0.476. The van der Waals surface area contributed by atoms with Crippen LogP contribution >= 0.6 is 12.2 Å². The van der Waals surface area contributed by atoms with Gasteiger partial charge in [-0.3, -0.25) is 4.79 Å². The maximum atomic E-state index is 9.99. The van der Waals surface area contributed by atoms with Gasteiger partial charge in [-0.25, -0.2) is 0 Å². The molecule has 0 saturated carbocycles. The quantitative estimate of drug-likeness (QED) is 0.474. The van der Waals surface area contributed by atoms with Crippen molar-refractivity contribution in [2.24, 2.45) is 0 Å². The van der Waals surface area contributed by atoms with Gasteiger partial charge in [0.05, 0.1) is 13.1 Å². The van der Waals surface area contributed by atoms with Gasteiger partial charge in [-0.1, -0.05) is 0 Å². The van der Waals surface area contributed by atoms with Crippen LogP contribution in [-0.2, 0) is 9.53 Å². The van der Waals surface area contributed by atoms with Crippen LogP contribution in [0.1, 0.15) is 0 Å². The van der Waals surface area contributed by atoms with Crippen molar-refractivity contribution >= 4 is 23.7 Å². The smallest absolute Gasteiger partial charge is 0.312 e. The maximum absolute atomic E-state index is 9.99. The number of hydrogen-bond donors (Lipinski definition) is 0. The first kappa shape index (κ1) is 6.48. The third-order valence-corrected chi connectivity index (χ3v) is 1.32. The van der Waals surface area contributed by atoms with Crippen LogP contribution in [0.3, 0.4) is 0 Å². The topological polar surface area (TPSA) is 29.5 Å². The molecule has 0 aromatic carbocycles. The molecule has 3 nitrogen and oxygen atoms in total. The molecule has 0 unspecified atom stereocenters. The van der Waals surface area contributed by atoms with E-state index in [2.05, 4.69) is 0 Å². The lowest BCUT2D eigenvalue weighted by atomic mass is 10.5. The van der Waals surface area contributed by atoms with Crippen LogP contribution in [0, 0.1) is 0 Å². The fraction of sp³-hybridized carbons (Fsp3) is 0.600. The highest BCUT2D eigenvalue weighted by Crippen LogP contribution is 1.95. The summed E-state index contributed by atoms with van der Waals surface area (Å²) in [7, 11) is 0. The van der Waals surface area contributed by atoms with Crippen molar-refractivity contribution < 1.29 is 9.53 Å². The lowest BCUT2D eigenvalue weighted by Crippen LogP contribution is -2.37. The number of rotatable bonds is 1. The normalized spacial score (nSPS) is 19.1. The van der Waals surface area contributed by atoms with Crippen molar-refractivity contribution in [2.75, 3.05) is 19.7 Å². The zero-order valence-corrected chi connectivity index (χ0v) is 5.61. The summed E-state index contributed by atoms with van der Waals surface area (Å²) >= 11 is 4.71. The molecule has 1 heterocycles. The third kappa shape index (κ3) is 1.64. The molecule has 49 valence electrons. The molecule has 0 aromatic rings. The molecule has 1 fully saturated rings. The van der Waals surface area contributed by atoms with E-state index in [0.29, 0.717) is 24.7 Å². The molecule has 1 saturated heterocycles. The Morgan fingerprint density at radius 1 is 1.78 bits per heavy atom. The zero-order chi connectivity index (χ0) is 6.69. The molecular weight excluding hydrogens is 138 g/mol. The predicted molar refractivity (Wildman–Crippen MR) is 35.8 cm³/mol. The van der Waals surface area contributed by atoms with Gasteiger partial charge in [0.1, 0.15) is 6.61 Å². The van der Waals surface area contributed by atoms with E-state index in [1.807, 2.05) is 0 Å². The van der Waals surface area contributed by atoms with Gasteiger partial charge in [0, 0.05) is 0 Å². The van der Waals surface area contributed by atoms with Gasteiger partial charge in [-0.2, -0.15) is 0 Å². The van der Waals surface area contributed by atoms with Gasteiger partial charge in [-0.05, 0) is 12.2 Å². The largest absolute Gasteiger partial charge is 0.483 e. The van der Waals surface area contributed by atoms with E-state index in [4.69, 9.17) is 17.0 Å². The second-order valence-corrected chi connectivity index (χ2v) is 2.19. The Bertz CT molecular complexity index is 137. The molecule has 1 rings (SSSR count). The molecular formula is C5H6NO2S. The highest BCUT2D eigenvalue weighted by Gasteiger charge is 2.12. The highest BCUT2D eigenvalue weighted by atomic mass is 32.1. The molecule has 0 aliphatic carbocycles. The van der Waals surface area contributed by atoms with Gasteiger partial charge in [-0.15, -0.1) is 0 Å². The molecule has 0 N–H and O–H groups in total. The van der Waals surface area contributed by atoms with Gasteiger partial charge in [0.25, 0.3) is 0 Å². The molecule has 1 radical (unpaired) electrons. The Labute approximate surface area is 58.6 Å². The van der Waals surface area contributed by atoms with E-state index in [9.17, 15) is 4.79 Å². The van der Waals surface area contributed by atoms with Crippen molar-refractivity contribution in [1.29, 1.82) is 0 Å². The average molecular weight is 144 g/mol. The molecule has 1 aliphatic heterocycles. The molecule has 0 atom stereocenters. The van der Waals surface area contributed by atoms with Crippen LogP contribution in [0.2, 0.25) is 0 Å². The monoisotopic (exact) mass is 144 g/mol. The SMILES string of the molecule is O=[C]N1CCOC(=S)C1. The minimum Gasteiger partial charge on any atom is -0.483 e.